The van der Waals surface area contributed by atoms with E-state index in [2.05, 4.69) is 20.9 Å². The maximum absolute atomic E-state index is 11.1. The summed E-state index contributed by atoms with van der Waals surface area (Å²) in [7, 11) is 0. The van der Waals surface area contributed by atoms with Gasteiger partial charge in [0, 0.05) is 16.5 Å². The van der Waals surface area contributed by atoms with E-state index in [1.54, 1.807) is 30.5 Å². The fourth-order valence-electron chi connectivity index (χ4n) is 2.39. The lowest BCUT2D eigenvalue weighted by Crippen LogP contribution is -2.37. The molecule has 0 saturated carbocycles. The molecule has 0 aliphatic heterocycles. The predicted molar refractivity (Wildman–Crippen MR) is 119 cm³/mol. The molecule has 0 spiro atoms. The van der Waals surface area contributed by atoms with Crippen molar-refractivity contribution in [1.29, 1.82) is 0 Å². The Labute approximate surface area is 185 Å². The Hall–Kier alpha value is -2.80. The van der Waals surface area contributed by atoms with Gasteiger partial charge in [0.25, 0.3) is 0 Å². The highest BCUT2D eigenvalue weighted by Gasteiger charge is 2.29. The van der Waals surface area contributed by atoms with Gasteiger partial charge in [0.15, 0.2) is 5.60 Å². The van der Waals surface area contributed by atoms with Crippen LogP contribution in [-0.2, 0) is 11.2 Å². The van der Waals surface area contributed by atoms with Crippen molar-refractivity contribution in [2.45, 2.75) is 39.7 Å². The zero-order valence-electron chi connectivity index (χ0n) is 17.5. The molecule has 0 atom stereocenters. The predicted octanol–water partition coefficient (Wildman–Crippen LogP) is 5.99. The average Bonchev–Trinajstić information content (AvgIpc) is 3.19. The van der Waals surface area contributed by atoms with Gasteiger partial charge in [-0.1, -0.05) is 35.8 Å². The fraction of sp³-hybridized carbons (Fsp3) is 0.304. The third-order valence-corrected chi connectivity index (χ3v) is 4.46. The summed E-state index contributed by atoms with van der Waals surface area (Å²) in [5.41, 5.74) is 0.418. The van der Waals surface area contributed by atoms with Crippen molar-refractivity contribution >= 4 is 21.9 Å². The van der Waals surface area contributed by atoms with Gasteiger partial charge in [-0.15, -0.1) is 0 Å². The molecule has 0 amide bonds. The largest absolute Gasteiger partial charge is 0.493 e. The van der Waals surface area contributed by atoms with Gasteiger partial charge >= 0.3 is 5.97 Å². The third kappa shape index (κ3) is 6.62. The Balaban J connectivity index is 0.00000155. The topological polar surface area (TPSA) is 81.8 Å². The first-order valence-corrected chi connectivity index (χ1v) is 10.5. The van der Waals surface area contributed by atoms with Crippen LogP contribution in [0.25, 0.3) is 11.5 Å². The second-order valence-electron chi connectivity index (χ2n) is 6.64. The Bertz CT molecular complexity index is 950. The number of rotatable bonds is 8. The van der Waals surface area contributed by atoms with Crippen LogP contribution in [0.5, 0.6) is 11.5 Å². The summed E-state index contributed by atoms with van der Waals surface area (Å²) in [5, 5.41) is 9.10. The van der Waals surface area contributed by atoms with Gasteiger partial charge in [0.1, 0.15) is 17.8 Å². The van der Waals surface area contributed by atoms with Gasteiger partial charge in [-0.2, -0.15) is 0 Å². The SMILES string of the molecule is CC.CC(C)(Oc1ccc(OCCc2coc(-c3cccc(Br)c3)n2)cc1)C(=O)O. The van der Waals surface area contributed by atoms with Crippen LogP contribution in [0.2, 0.25) is 0 Å². The number of ether oxygens (including phenoxy) is 2. The monoisotopic (exact) mass is 475 g/mol. The standard InChI is InChI=1S/C21H20BrNO5.C2H6/c1-21(2,20(24)25)28-18-8-6-17(7-9-18)26-11-10-16-13-27-19(23-16)14-4-3-5-15(22)12-14;1-2/h3-9,12-13H,10-11H2,1-2H3,(H,24,25);1-2H3. The summed E-state index contributed by atoms with van der Waals surface area (Å²) in [6.45, 7) is 7.44. The van der Waals surface area contributed by atoms with Crippen molar-refractivity contribution < 1.29 is 23.8 Å². The van der Waals surface area contributed by atoms with Gasteiger partial charge in [-0.3, -0.25) is 0 Å². The first kappa shape index (κ1) is 23.5. The molecule has 0 fully saturated rings. The van der Waals surface area contributed by atoms with Gasteiger partial charge in [-0.05, 0) is 56.3 Å². The Kier molecular flexibility index (Phi) is 8.47. The second-order valence-corrected chi connectivity index (χ2v) is 7.56. The lowest BCUT2D eigenvalue weighted by Gasteiger charge is -2.21. The lowest BCUT2D eigenvalue weighted by atomic mass is 10.1. The Morgan fingerprint density at radius 3 is 2.43 bits per heavy atom. The molecule has 0 aliphatic carbocycles. The molecule has 30 heavy (non-hydrogen) atoms. The summed E-state index contributed by atoms with van der Waals surface area (Å²) >= 11 is 3.43. The highest BCUT2D eigenvalue weighted by molar-refractivity contribution is 9.10. The lowest BCUT2D eigenvalue weighted by molar-refractivity contribution is -0.152. The van der Waals surface area contributed by atoms with E-state index in [-0.39, 0.29) is 0 Å². The van der Waals surface area contributed by atoms with Gasteiger partial charge in [0.2, 0.25) is 5.89 Å². The molecule has 0 unspecified atom stereocenters. The van der Waals surface area contributed by atoms with Crippen LogP contribution in [0, 0.1) is 0 Å². The normalized spacial score (nSPS) is 10.7. The van der Waals surface area contributed by atoms with Crippen LogP contribution in [-0.4, -0.2) is 28.3 Å². The molecule has 0 saturated heterocycles. The number of oxazole rings is 1. The smallest absolute Gasteiger partial charge is 0.347 e. The fourth-order valence-corrected chi connectivity index (χ4v) is 2.79. The van der Waals surface area contributed by atoms with Crippen molar-refractivity contribution in [3.05, 3.63) is 65.0 Å². The number of carbonyl (C=O) groups is 1. The van der Waals surface area contributed by atoms with Crippen LogP contribution in [0.1, 0.15) is 33.4 Å². The van der Waals surface area contributed by atoms with E-state index in [1.165, 1.54) is 13.8 Å². The molecule has 6 nitrogen and oxygen atoms in total. The number of carboxylic acids is 1. The summed E-state index contributed by atoms with van der Waals surface area (Å²) < 4.78 is 17.7. The highest BCUT2D eigenvalue weighted by atomic mass is 79.9. The van der Waals surface area contributed by atoms with E-state index in [9.17, 15) is 4.79 Å². The highest BCUT2D eigenvalue weighted by Crippen LogP contribution is 2.24. The number of nitrogens with zero attached hydrogens (tertiary/aromatic N) is 1. The van der Waals surface area contributed by atoms with Gasteiger partial charge in [-0.25, -0.2) is 9.78 Å². The number of hydrogen-bond donors (Lipinski definition) is 1. The zero-order chi connectivity index (χ0) is 22.1. The summed E-state index contributed by atoms with van der Waals surface area (Å²) in [6, 6.07) is 14.6. The van der Waals surface area contributed by atoms with E-state index in [4.69, 9.17) is 19.0 Å². The molecule has 3 aromatic rings. The van der Waals surface area contributed by atoms with E-state index in [0.717, 1.165) is 15.7 Å². The molecule has 0 bridgehead atoms. The summed E-state index contributed by atoms with van der Waals surface area (Å²) in [4.78, 5) is 15.6. The van der Waals surface area contributed by atoms with E-state index in [0.29, 0.717) is 30.4 Å². The molecule has 0 radical (unpaired) electrons. The number of aliphatic carboxylic acids is 1. The second kappa shape index (κ2) is 10.8. The molecular formula is C23H26BrNO5. The molecule has 7 heteroatoms. The number of carboxylic acid groups (broad SMARTS) is 1. The summed E-state index contributed by atoms with van der Waals surface area (Å²) in [6.07, 6.45) is 2.23. The molecule has 1 N–H and O–H groups in total. The van der Waals surface area contributed by atoms with E-state index < -0.39 is 11.6 Å². The van der Waals surface area contributed by atoms with Crippen molar-refractivity contribution in [2.75, 3.05) is 6.61 Å². The number of aromatic nitrogens is 1. The van der Waals surface area contributed by atoms with Crippen LogP contribution in [0.4, 0.5) is 0 Å². The maximum Gasteiger partial charge on any atom is 0.347 e. The van der Waals surface area contributed by atoms with E-state index >= 15 is 0 Å². The van der Waals surface area contributed by atoms with Crippen LogP contribution < -0.4 is 9.47 Å². The first-order valence-electron chi connectivity index (χ1n) is 9.69. The molecule has 0 aliphatic rings. The van der Waals surface area contributed by atoms with Crippen molar-refractivity contribution in [3.63, 3.8) is 0 Å². The minimum Gasteiger partial charge on any atom is -0.493 e. The molecule has 3 rings (SSSR count). The molecular weight excluding hydrogens is 450 g/mol. The minimum absolute atomic E-state index is 0.436. The van der Waals surface area contributed by atoms with Gasteiger partial charge in [0.05, 0.1) is 12.3 Å². The average molecular weight is 476 g/mol. The molecule has 160 valence electrons. The molecule has 2 aromatic carbocycles. The van der Waals surface area contributed by atoms with Crippen molar-refractivity contribution in [3.8, 4) is 23.0 Å². The number of hydrogen-bond acceptors (Lipinski definition) is 5. The number of benzene rings is 2. The van der Waals surface area contributed by atoms with Crippen LogP contribution >= 0.6 is 15.9 Å². The van der Waals surface area contributed by atoms with Crippen LogP contribution in [0.3, 0.4) is 0 Å². The quantitative estimate of drug-likeness (QED) is 0.430. The Morgan fingerprint density at radius 2 is 1.80 bits per heavy atom. The summed E-state index contributed by atoms with van der Waals surface area (Å²) in [5.74, 6) is 0.674. The van der Waals surface area contributed by atoms with Crippen molar-refractivity contribution in [1.82, 2.24) is 4.98 Å². The van der Waals surface area contributed by atoms with Crippen molar-refractivity contribution in [2.24, 2.45) is 0 Å². The molecule has 1 aromatic heterocycles. The zero-order valence-corrected chi connectivity index (χ0v) is 19.1. The molecule has 1 heterocycles. The maximum atomic E-state index is 11.1. The minimum atomic E-state index is -1.29. The number of halogens is 1. The first-order chi connectivity index (χ1) is 14.3. The van der Waals surface area contributed by atoms with E-state index in [1.807, 2.05) is 38.1 Å². The van der Waals surface area contributed by atoms with Crippen LogP contribution in [0.15, 0.2) is 63.7 Å². The Morgan fingerprint density at radius 1 is 1.13 bits per heavy atom. The third-order valence-electron chi connectivity index (χ3n) is 3.96. The van der Waals surface area contributed by atoms with Gasteiger partial charge < -0.3 is 19.0 Å².